The number of halogens is 1. The van der Waals surface area contributed by atoms with Gasteiger partial charge in [-0.25, -0.2) is 14.4 Å². The number of hydrogen-bond acceptors (Lipinski definition) is 4. The van der Waals surface area contributed by atoms with Crippen molar-refractivity contribution in [3.8, 4) is 0 Å². The fourth-order valence-electron chi connectivity index (χ4n) is 2.05. The van der Waals surface area contributed by atoms with Crippen molar-refractivity contribution in [1.29, 1.82) is 0 Å². The minimum Gasteiger partial charge on any atom is -0.337 e. The SMILES string of the molecule is Cc1nc(N(C)C(C)c2ccccc2F)ncc1CN. The molecule has 20 heavy (non-hydrogen) atoms. The van der Waals surface area contributed by atoms with Gasteiger partial charge in [0.15, 0.2) is 0 Å². The van der Waals surface area contributed by atoms with E-state index < -0.39 is 0 Å². The lowest BCUT2D eigenvalue weighted by molar-refractivity contribution is 0.582. The predicted octanol–water partition coefficient (Wildman–Crippen LogP) is 2.58. The molecule has 0 aliphatic rings. The Hall–Kier alpha value is -2.01. The van der Waals surface area contributed by atoms with E-state index >= 15 is 0 Å². The summed E-state index contributed by atoms with van der Waals surface area (Å²) in [7, 11) is 1.86. The van der Waals surface area contributed by atoms with Gasteiger partial charge in [-0.3, -0.25) is 0 Å². The second-order valence-corrected chi connectivity index (χ2v) is 4.79. The van der Waals surface area contributed by atoms with Gasteiger partial charge < -0.3 is 10.6 Å². The molecule has 5 heteroatoms. The third-order valence-electron chi connectivity index (χ3n) is 3.54. The summed E-state index contributed by atoms with van der Waals surface area (Å²) in [4.78, 5) is 10.6. The van der Waals surface area contributed by atoms with E-state index in [4.69, 9.17) is 5.73 Å². The van der Waals surface area contributed by atoms with Crippen molar-refractivity contribution < 1.29 is 4.39 Å². The Morgan fingerprint density at radius 1 is 1.35 bits per heavy atom. The molecule has 2 rings (SSSR count). The van der Waals surface area contributed by atoms with Crippen molar-refractivity contribution in [2.45, 2.75) is 26.4 Å². The fourth-order valence-corrected chi connectivity index (χ4v) is 2.05. The maximum atomic E-state index is 13.8. The second-order valence-electron chi connectivity index (χ2n) is 4.79. The van der Waals surface area contributed by atoms with E-state index in [9.17, 15) is 4.39 Å². The van der Waals surface area contributed by atoms with Crippen molar-refractivity contribution in [3.05, 3.63) is 53.1 Å². The summed E-state index contributed by atoms with van der Waals surface area (Å²) in [6.45, 7) is 4.24. The highest BCUT2D eigenvalue weighted by molar-refractivity contribution is 5.37. The maximum absolute atomic E-state index is 13.8. The molecule has 1 aromatic heterocycles. The normalized spacial score (nSPS) is 12.2. The van der Waals surface area contributed by atoms with Gasteiger partial charge in [0.2, 0.25) is 5.95 Å². The lowest BCUT2D eigenvalue weighted by Gasteiger charge is -2.26. The number of nitrogens with two attached hydrogens (primary N) is 1. The highest BCUT2D eigenvalue weighted by Crippen LogP contribution is 2.24. The number of rotatable bonds is 4. The number of hydrogen-bond donors (Lipinski definition) is 1. The third-order valence-corrected chi connectivity index (χ3v) is 3.54. The lowest BCUT2D eigenvalue weighted by Crippen LogP contribution is -2.25. The molecule has 0 fully saturated rings. The van der Waals surface area contributed by atoms with Gasteiger partial charge in [-0.2, -0.15) is 0 Å². The Labute approximate surface area is 118 Å². The van der Waals surface area contributed by atoms with Crippen LogP contribution in [-0.4, -0.2) is 17.0 Å². The first-order valence-corrected chi connectivity index (χ1v) is 6.54. The van der Waals surface area contributed by atoms with Crippen molar-refractivity contribution in [2.24, 2.45) is 5.73 Å². The van der Waals surface area contributed by atoms with Crippen LogP contribution >= 0.6 is 0 Å². The molecule has 0 aliphatic carbocycles. The van der Waals surface area contributed by atoms with Gasteiger partial charge >= 0.3 is 0 Å². The zero-order valence-electron chi connectivity index (χ0n) is 12.0. The predicted molar refractivity (Wildman–Crippen MR) is 77.9 cm³/mol. The summed E-state index contributed by atoms with van der Waals surface area (Å²) < 4.78 is 13.8. The summed E-state index contributed by atoms with van der Waals surface area (Å²) in [5.41, 5.74) is 8.00. The number of aryl methyl sites for hydroxylation is 1. The lowest BCUT2D eigenvalue weighted by atomic mass is 10.1. The summed E-state index contributed by atoms with van der Waals surface area (Å²) in [6, 6.07) is 6.59. The molecule has 4 nitrogen and oxygen atoms in total. The number of anilines is 1. The van der Waals surface area contributed by atoms with Gasteiger partial charge in [0, 0.05) is 36.6 Å². The monoisotopic (exact) mass is 274 g/mol. The van der Waals surface area contributed by atoms with Gasteiger partial charge in [-0.1, -0.05) is 18.2 Å². The van der Waals surface area contributed by atoms with Gasteiger partial charge in [0.05, 0.1) is 6.04 Å². The Balaban J connectivity index is 2.29. The molecule has 0 aliphatic heterocycles. The molecule has 106 valence electrons. The smallest absolute Gasteiger partial charge is 0.225 e. The minimum absolute atomic E-state index is 0.153. The topological polar surface area (TPSA) is 55.0 Å². The van der Waals surface area contributed by atoms with Crippen molar-refractivity contribution in [1.82, 2.24) is 9.97 Å². The van der Waals surface area contributed by atoms with Crippen LogP contribution in [0.1, 0.15) is 29.8 Å². The van der Waals surface area contributed by atoms with E-state index in [-0.39, 0.29) is 11.9 Å². The molecule has 1 aromatic carbocycles. The standard InChI is InChI=1S/C15H19FN4/c1-10-12(8-17)9-18-15(19-10)20(3)11(2)13-6-4-5-7-14(13)16/h4-7,9,11H,8,17H2,1-3H3. The minimum atomic E-state index is -0.220. The molecular formula is C15H19FN4. The van der Waals surface area contributed by atoms with E-state index in [1.54, 1.807) is 18.3 Å². The summed E-state index contributed by atoms with van der Waals surface area (Å²) in [6.07, 6.45) is 1.72. The summed E-state index contributed by atoms with van der Waals surface area (Å²) in [5, 5.41) is 0. The summed E-state index contributed by atoms with van der Waals surface area (Å²) >= 11 is 0. The van der Waals surface area contributed by atoms with E-state index in [2.05, 4.69) is 9.97 Å². The summed E-state index contributed by atoms with van der Waals surface area (Å²) in [5.74, 6) is 0.345. The fraction of sp³-hybridized carbons (Fsp3) is 0.333. The van der Waals surface area contributed by atoms with Crippen LogP contribution in [0.4, 0.5) is 10.3 Å². The Morgan fingerprint density at radius 2 is 2.05 bits per heavy atom. The first-order valence-electron chi connectivity index (χ1n) is 6.54. The van der Waals surface area contributed by atoms with Crippen molar-refractivity contribution in [3.63, 3.8) is 0 Å². The van der Waals surface area contributed by atoms with Crippen LogP contribution in [0.15, 0.2) is 30.5 Å². The molecule has 2 aromatic rings. The van der Waals surface area contributed by atoms with E-state index in [1.165, 1.54) is 6.07 Å². The van der Waals surface area contributed by atoms with Crippen LogP contribution < -0.4 is 10.6 Å². The van der Waals surface area contributed by atoms with Crippen molar-refractivity contribution >= 4 is 5.95 Å². The third kappa shape index (κ3) is 2.77. The van der Waals surface area contributed by atoms with Gasteiger partial charge in [-0.05, 0) is 19.9 Å². The highest BCUT2D eigenvalue weighted by Gasteiger charge is 2.18. The largest absolute Gasteiger partial charge is 0.337 e. The van der Waals surface area contributed by atoms with Gasteiger partial charge in [0.1, 0.15) is 5.82 Å². The quantitative estimate of drug-likeness (QED) is 0.931. The van der Waals surface area contributed by atoms with Crippen LogP contribution in [0, 0.1) is 12.7 Å². The average molecular weight is 274 g/mol. The molecule has 1 heterocycles. The molecule has 0 bridgehead atoms. The highest BCUT2D eigenvalue weighted by atomic mass is 19.1. The number of aromatic nitrogens is 2. The number of benzene rings is 1. The molecule has 0 radical (unpaired) electrons. The number of nitrogens with zero attached hydrogens (tertiary/aromatic N) is 3. The van der Waals surface area contributed by atoms with Crippen LogP contribution in [0.2, 0.25) is 0 Å². The van der Waals surface area contributed by atoms with Crippen LogP contribution in [0.25, 0.3) is 0 Å². The Bertz CT molecular complexity index is 600. The van der Waals surface area contributed by atoms with E-state index in [0.717, 1.165) is 11.3 Å². The first kappa shape index (κ1) is 14.4. The molecule has 1 unspecified atom stereocenters. The van der Waals surface area contributed by atoms with Gasteiger partial charge in [-0.15, -0.1) is 0 Å². The molecule has 0 amide bonds. The zero-order valence-corrected chi connectivity index (χ0v) is 12.0. The van der Waals surface area contributed by atoms with Crippen LogP contribution in [-0.2, 0) is 6.54 Å². The molecule has 2 N–H and O–H groups in total. The van der Waals surface area contributed by atoms with Crippen molar-refractivity contribution in [2.75, 3.05) is 11.9 Å². The molecule has 0 saturated heterocycles. The molecule has 0 saturated carbocycles. The molecule has 1 atom stereocenters. The Morgan fingerprint density at radius 3 is 2.65 bits per heavy atom. The zero-order chi connectivity index (χ0) is 14.7. The maximum Gasteiger partial charge on any atom is 0.225 e. The molecule has 0 spiro atoms. The second kappa shape index (κ2) is 5.96. The van der Waals surface area contributed by atoms with Crippen LogP contribution in [0.3, 0.4) is 0 Å². The van der Waals surface area contributed by atoms with Crippen LogP contribution in [0.5, 0.6) is 0 Å². The Kier molecular flexibility index (Phi) is 4.29. The average Bonchev–Trinajstić information content (AvgIpc) is 2.46. The first-order chi connectivity index (χ1) is 9.54. The molecular weight excluding hydrogens is 255 g/mol. The van der Waals surface area contributed by atoms with E-state index in [0.29, 0.717) is 18.1 Å². The van der Waals surface area contributed by atoms with Gasteiger partial charge in [0.25, 0.3) is 0 Å². The van der Waals surface area contributed by atoms with E-state index in [1.807, 2.05) is 31.9 Å².